The van der Waals surface area contributed by atoms with E-state index < -0.39 is 5.82 Å². The molecule has 1 fully saturated rings. The van der Waals surface area contributed by atoms with Gasteiger partial charge in [-0.1, -0.05) is 0 Å². The Balaban J connectivity index is 1.79. The van der Waals surface area contributed by atoms with Gasteiger partial charge in [0.2, 0.25) is 0 Å². The van der Waals surface area contributed by atoms with Gasteiger partial charge in [-0.3, -0.25) is 4.79 Å². The number of hydrogen-bond donors (Lipinski definition) is 1. The molecule has 1 amide bonds. The van der Waals surface area contributed by atoms with Crippen LogP contribution in [0.2, 0.25) is 0 Å². The number of alkyl halides is 1. The second kappa shape index (κ2) is 6.14. The minimum Gasteiger partial charge on any atom is -0.350 e. The van der Waals surface area contributed by atoms with Gasteiger partial charge >= 0.3 is 0 Å². The summed E-state index contributed by atoms with van der Waals surface area (Å²) in [5.41, 5.74) is 0.252. The van der Waals surface area contributed by atoms with Crippen LogP contribution in [0.25, 0.3) is 0 Å². The van der Waals surface area contributed by atoms with Gasteiger partial charge in [0.1, 0.15) is 11.5 Å². The van der Waals surface area contributed by atoms with Crippen LogP contribution in [0.1, 0.15) is 36.2 Å². The molecule has 0 bridgehead atoms. The van der Waals surface area contributed by atoms with Gasteiger partial charge in [-0.25, -0.2) is 9.37 Å². The number of amides is 1. The minimum absolute atomic E-state index is 0.247. The molecular formula is C13H16ClFN2O. The Morgan fingerprint density at radius 3 is 2.72 bits per heavy atom. The van der Waals surface area contributed by atoms with Crippen LogP contribution in [0, 0.1) is 11.7 Å². The first kappa shape index (κ1) is 13.3. The summed E-state index contributed by atoms with van der Waals surface area (Å²) in [6.07, 6.45) is 5.16. The maximum absolute atomic E-state index is 12.7. The summed E-state index contributed by atoms with van der Waals surface area (Å²) in [6, 6.07) is 2.63. The van der Waals surface area contributed by atoms with Crippen molar-refractivity contribution in [3.8, 4) is 0 Å². The Labute approximate surface area is 111 Å². The van der Waals surface area contributed by atoms with Crippen molar-refractivity contribution in [1.29, 1.82) is 0 Å². The predicted octanol–water partition coefficient (Wildman–Crippen LogP) is 2.75. The molecule has 0 saturated heterocycles. The zero-order valence-corrected chi connectivity index (χ0v) is 10.8. The van der Waals surface area contributed by atoms with Gasteiger partial charge in [-0.2, -0.15) is 0 Å². The first-order valence-electron chi connectivity index (χ1n) is 6.19. The van der Waals surface area contributed by atoms with Crippen LogP contribution >= 0.6 is 11.6 Å². The largest absolute Gasteiger partial charge is 0.350 e. The van der Waals surface area contributed by atoms with Crippen LogP contribution in [-0.2, 0) is 0 Å². The molecule has 0 aromatic carbocycles. The molecule has 0 atom stereocenters. The number of aromatic nitrogens is 1. The Hall–Kier alpha value is -1.16. The average Bonchev–Trinajstić information content (AvgIpc) is 2.38. The molecule has 3 nitrogen and oxygen atoms in total. The van der Waals surface area contributed by atoms with Gasteiger partial charge in [0.25, 0.3) is 5.91 Å². The quantitative estimate of drug-likeness (QED) is 0.858. The smallest absolute Gasteiger partial charge is 0.269 e. The normalized spacial score (nSPS) is 23.7. The highest BCUT2D eigenvalue weighted by Crippen LogP contribution is 2.26. The molecule has 5 heteroatoms. The SMILES string of the molecule is O=C(NCC1CCC(Cl)CC1)c1ccc(F)cn1. The summed E-state index contributed by atoms with van der Waals surface area (Å²) in [4.78, 5) is 15.5. The minimum atomic E-state index is -0.438. The van der Waals surface area contributed by atoms with Crippen molar-refractivity contribution >= 4 is 17.5 Å². The summed E-state index contributed by atoms with van der Waals surface area (Å²) in [6.45, 7) is 0.640. The summed E-state index contributed by atoms with van der Waals surface area (Å²) >= 11 is 6.02. The molecule has 0 radical (unpaired) electrons. The van der Waals surface area contributed by atoms with E-state index in [1.54, 1.807) is 0 Å². The standard InChI is InChI=1S/C13H16ClFN2O/c14-10-3-1-9(2-4-10)7-17-13(18)12-6-5-11(15)8-16-12/h5-6,8-10H,1-4,7H2,(H,17,18). The third kappa shape index (κ3) is 3.67. The van der Waals surface area contributed by atoms with Crippen LogP contribution in [0.3, 0.4) is 0 Å². The van der Waals surface area contributed by atoms with E-state index in [-0.39, 0.29) is 17.0 Å². The first-order valence-corrected chi connectivity index (χ1v) is 6.62. The van der Waals surface area contributed by atoms with Crippen molar-refractivity contribution in [2.24, 2.45) is 5.92 Å². The lowest BCUT2D eigenvalue weighted by Crippen LogP contribution is -2.31. The lowest BCUT2D eigenvalue weighted by Gasteiger charge is -2.24. The third-order valence-electron chi connectivity index (χ3n) is 3.29. The van der Waals surface area contributed by atoms with Crippen molar-refractivity contribution in [2.75, 3.05) is 6.54 Å². The number of carbonyl (C=O) groups is 1. The summed E-state index contributed by atoms with van der Waals surface area (Å²) in [5.74, 6) is -0.195. The fourth-order valence-electron chi connectivity index (χ4n) is 2.16. The first-order chi connectivity index (χ1) is 8.65. The van der Waals surface area contributed by atoms with E-state index in [1.165, 1.54) is 12.1 Å². The second-order valence-electron chi connectivity index (χ2n) is 4.69. The van der Waals surface area contributed by atoms with Gasteiger partial charge in [-0.05, 0) is 43.7 Å². The highest BCUT2D eigenvalue weighted by atomic mass is 35.5. The van der Waals surface area contributed by atoms with Crippen LogP contribution in [0.4, 0.5) is 4.39 Å². The number of carbonyl (C=O) groups excluding carboxylic acids is 1. The topological polar surface area (TPSA) is 42.0 Å². The van der Waals surface area contributed by atoms with Crippen molar-refractivity contribution in [2.45, 2.75) is 31.1 Å². The summed E-state index contributed by atoms with van der Waals surface area (Å²) in [7, 11) is 0. The number of pyridine rings is 1. The van der Waals surface area contributed by atoms with Gasteiger partial charge in [0.05, 0.1) is 6.20 Å². The van der Waals surface area contributed by atoms with Gasteiger partial charge in [-0.15, -0.1) is 11.6 Å². The van der Waals surface area contributed by atoms with Crippen LogP contribution in [0.5, 0.6) is 0 Å². The zero-order valence-electron chi connectivity index (χ0n) is 10.0. The molecule has 1 aromatic heterocycles. The molecule has 0 aliphatic heterocycles. The Morgan fingerprint density at radius 1 is 1.39 bits per heavy atom. The fraction of sp³-hybridized carbons (Fsp3) is 0.538. The Morgan fingerprint density at radius 2 is 2.11 bits per heavy atom. The molecule has 2 rings (SSSR count). The molecule has 18 heavy (non-hydrogen) atoms. The van der Waals surface area contributed by atoms with E-state index in [0.717, 1.165) is 31.9 Å². The molecule has 1 N–H and O–H groups in total. The molecule has 1 aliphatic carbocycles. The maximum Gasteiger partial charge on any atom is 0.269 e. The number of nitrogens with one attached hydrogen (secondary N) is 1. The van der Waals surface area contributed by atoms with Crippen LogP contribution < -0.4 is 5.32 Å². The number of hydrogen-bond acceptors (Lipinski definition) is 2. The second-order valence-corrected chi connectivity index (χ2v) is 5.31. The van der Waals surface area contributed by atoms with Crippen molar-refractivity contribution < 1.29 is 9.18 Å². The summed E-state index contributed by atoms with van der Waals surface area (Å²) < 4.78 is 12.7. The molecule has 1 saturated carbocycles. The molecule has 0 spiro atoms. The number of nitrogens with zero attached hydrogens (tertiary/aromatic N) is 1. The molecule has 1 heterocycles. The molecule has 1 aromatic rings. The highest BCUT2D eigenvalue weighted by molar-refractivity contribution is 6.20. The molecule has 98 valence electrons. The number of halogens is 2. The number of rotatable bonds is 3. The highest BCUT2D eigenvalue weighted by Gasteiger charge is 2.20. The van der Waals surface area contributed by atoms with E-state index in [2.05, 4.69) is 10.3 Å². The van der Waals surface area contributed by atoms with Crippen molar-refractivity contribution in [3.05, 3.63) is 29.8 Å². The van der Waals surface area contributed by atoms with E-state index in [9.17, 15) is 9.18 Å². The van der Waals surface area contributed by atoms with Crippen molar-refractivity contribution in [3.63, 3.8) is 0 Å². The maximum atomic E-state index is 12.7. The van der Waals surface area contributed by atoms with Gasteiger partial charge in [0.15, 0.2) is 0 Å². The molecular weight excluding hydrogens is 255 g/mol. The Bertz CT molecular complexity index is 402. The zero-order chi connectivity index (χ0) is 13.0. The van der Waals surface area contributed by atoms with E-state index in [1.807, 2.05) is 0 Å². The third-order valence-corrected chi connectivity index (χ3v) is 3.72. The molecule has 1 aliphatic rings. The van der Waals surface area contributed by atoms with E-state index in [0.29, 0.717) is 12.5 Å². The van der Waals surface area contributed by atoms with Gasteiger partial charge in [0, 0.05) is 11.9 Å². The summed E-state index contributed by atoms with van der Waals surface area (Å²) in [5, 5.41) is 3.12. The van der Waals surface area contributed by atoms with Crippen LogP contribution in [-0.4, -0.2) is 22.8 Å². The Kier molecular flexibility index (Phi) is 4.53. The predicted molar refractivity (Wildman–Crippen MR) is 68.1 cm³/mol. The monoisotopic (exact) mass is 270 g/mol. The lowest BCUT2D eigenvalue weighted by atomic mass is 9.89. The van der Waals surface area contributed by atoms with E-state index >= 15 is 0 Å². The van der Waals surface area contributed by atoms with E-state index in [4.69, 9.17) is 11.6 Å². The van der Waals surface area contributed by atoms with Crippen molar-refractivity contribution in [1.82, 2.24) is 10.3 Å². The lowest BCUT2D eigenvalue weighted by molar-refractivity contribution is 0.0938. The molecule has 0 unspecified atom stereocenters. The fourth-order valence-corrected chi connectivity index (χ4v) is 2.42. The van der Waals surface area contributed by atoms with Gasteiger partial charge < -0.3 is 5.32 Å². The van der Waals surface area contributed by atoms with Crippen LogP contribution in [0.15, 0.2) is 18.3 Å². The average molecular weight is 271 g/mol.